The number of hydrogen-bond acceptors (Lipinski definition) is 6. The minimum absolute atomic E-state index is 0.0159. The summed E-state index contributed by atoms with van der Waals surface area (Å²) in [5.41, 5.74) is -1.76. The van der Waals surface area contributed by atoms with Crippen LogP contribution in [0.15, 0.2) is 24.3 Å². The van der Waals surface area contributed by atoms with Crippen LogP contribution in [0.25, 0.3) is 0 Å². The molecular formula is C15H15FN2O5S. The molecule has 0 saturated heterocycles. The molecule has 2 amide bonds. The Morgan fingerprint density at radius 3 is 2.21 bits per heavy atom. The van der Waals surface area contributed by atoms with Crippen molar-refractivity contribution >= 4 is 21.9 Å². The van der Waals surface area contributed by atoms with E-state index in [4.69, 9.17) is 0 Å². The molecule has 0 spiro atoms. The molecule has 0 radical (unpaired) electrons. The van der Waals surface area contributed by atoms with Crippen molar-refractivity contribution in [3.63, 3.8) is 0 Å². The number of carbonyl (C=O) groups is 2. The van der Waals surface area contributed by atoms with Gasteiger partial charge in [0.2, 0.25) is 0 Å². The summed E-state index contributed by atoms with van der Waals surface area (Å²) in [6.45, 7) is -1.53. The minimum atomic E-state index is -3.66. The van der Waals surface area contributed by atoms with Gasteiger partial charge in [-0.1, -0.05) is 12.1 Å². The lowest BCUT2D eigenvalue weighted by Gasteiger charge is -2.31. The van der Waals surface area contributed by atoms with Gasteiger partial charge in [-0.3, -0.25) is 18.7 Å². The van der Waals surface area contributed by atoms with Crippen LogP contribution in [0.1, 0.15) is 33.6 Å². The molecule has 24 heavy (non-hydrogen) atoms. The second kappa shape index (κ2) is 6.67. The van der Waals surface area contributed by atoms with Crippen LogP contribution in [0.3, 0.4) is 0 Å². The molecule has 0 fully saturated rings. The highest BCUT2D eigenvalue weighted by molar-refractivity contribution is 7.85. The summed E-state index contributed by atoms with van der Waals surface area (Å²) in [5, 5.41) is 9.42. The molecule has 0 aliphatic carbocycles. The van der Waals surface area contributed by atoms with Gasteiger partial charge in [0.25, 0.3) is 21.9 Å². The maximum absolute atomic E-state index is 13.7. The number of fused-ring (bicyclic) bond motifs is 1. The van der Waals surface area contributed by atoms with Crippen molar-refractivity contribution in [2.24, 2.45) is 0 Å². The molecule has 9 heteroatoms. The van der Waals surface area contributed by atoms with E-state index in [9.17, 15) is 27.7 Å². The topological polar surface area (TPSA) is 105 Å². The fourth-order valence-electron chi connectivity index (χ4n) is 2.53. The zero-order chi connectivity index (χ0) is 18.0. The van der Waals surface area contributed by atoms with Gasteiger partial charge in [-0.2, -0.15) is 13.7 Å². The van der Waals surface area contributed by atoms with Crippen LogP contribution < -0.4 is 0 Å². The first kappa shape index (κ1) is 18.0. The smallest absolute Gasteiger partial charge is 0.264 e. The van der Waals surface area contributed by atoms with Gasteiger partial charge in [0, 0.05) is 0 Å². The van der Waals surface area contributed by atoms with Crippen molar-refractivity contribution in [2.45, 2.75) is 18.4 Å². The van der Waals surface area contributed by atoms with Crippen molar-refractivity contribution in [3.8, 4) is 6.07 Å². The maximum Gasteiger partial charge on any atom is 0.264 e. The van der Waals surface area contributed by atoms with Crippen molar-refractivity contribution < 1.29 is 26.6 Å². The molecule has 1 aliphatic rings. The van der Waals surface area contributed by atoms with Crippen molar-refractivity contribution in [1.29, 1.82) is 5.26 Å². The number of nitrogens with zero attached hydrogens (tertiary/aromatic N) is 2. The Bertz CT molecular complexity index is 782. The first-order valence-electron chi connectivity index (χ1n) is 7.05. The molecule has 1 aliphatic heterocycles. The van der Waals surface area contributed by atoms with Gasteiger partial charge in [-0.15, -0.1) is 0 Å². The van der Waals surface area contributed by atoms with E-state index in [-0.39, 0.29) is 30.6 Å². The summed E-state index contributed by atoms with van der Waals surface area (Å²) in [7, 11) is -3.66. The van der Waals surface area contributed by atoms with Gasteiger partial charge in [-0.25, -0.2) is 4.39 Å². The van der Waals surface area contributed by atoms with Crippen LogP contribution >= 0.6 is 0 Å². The standard InChI is InChI=1S/C15H15FN2O5S/c1-24(21,22)23-8-4-7-15(9-16,10-17)18-13(19)11-5-2-3-6-12(11)14(18)20/h2-3,5-6H,4,7-9H2,1H3. The average molecular weight is 354 g/mol. The summed E-state index contributed by atoms with van der Waals surface area (Å²) >= 11 is 0. The number of rotatable bonds is 7. The predicted molar refractivity (Wildman–Crippen MR) is 81.3 cm³/mol. The van der Waals surface area contributed by atoms with E-state index >= 15 is 0 Å². The monoisotopic (exact) mass is 354 g/mol. The van der Waals surface area contributed by atoms with E-state index in [1.807, 2.05) is 0 Å². The number of benzene rings is 1. The van der Waals surface area contributed by atoms with E-state index in [1.54, 1.807) is 18.2 Å². The molecule has 128 valence electrons. The fraction of sp³-hybridized carbons (Fsp3) is 0.400. The van der Waals surface area contributed by atoms with Crippen molar-refractivity contribution in [2.75, 3.05) is 19.5 Å². The summed E-state index contributed by atoms with van der Waals surface area (Å²) in [5.74, 6) is -1.47. The number of amides is 2. The normalized spacial score (nSPS) is 16.6. The second-order valence-corrected chi connectivity index (χ2v) is 7.04. The quantitative estimate of drug-likeness (QED) is 0.415. The lowest BCUT2D eigenvalue weighted by atomic mass is 9.94. The zero-order valence-electron chi connectivity index (χ0n) is 12.9. The third-order valence-corrected chi connectivity index (χ3v) is 4.28. The first-order valence-corrected chi connectivity index (χ1v) is 8.87. The van der Waals surface area contributed by atoms with Crippen molar-refractivity contribution in [3.05, 3.63) is 35.4 Å². The fourth-order valence-corrected chi connectivity index (χ4v) is 2.95. The molecule has 1 aromatic rings. The molecule has 0 N–H and O–H groups in total. The first-order chi connectivity index (χ1) is 11.3. The molecule has 0 bridgehead atoms. The second-order valence-electron chi connectivity index (χ2n) is 5.40. The van der Waals surface area contributed by atoms with E-state index in [1.165, 1.54) is 12.1 Å². The molecule has 7 nitrogen and oxygen atoms in total. The highest BCUT2D eigenvalue weighted by atomic mass is 32.2. The van der Waals surface area contributed by atoms with Crippen LogP contribution in [0.2, 0.25) is 0 Å². The Balaban J connectivity index is 2.23. The van der Waals surface area contributed by atoms with Crippen LogP contribution in [0.4, 0.5) is 4.39 Å². The molecule has 2 rings (SSSR count). The molecule has 1 unspecified atom stereocenters. The zero-order valence-corrected chi connectivity index (χ0v) is 13.7. The van der Waals surface area contributed by atoms with E-state index in [0.717, 1.165) is 6.26 Å². The van der Waals surface area contributed by atoms with Crippen LogP contribution in [-0.2, 0) is 14.3 Å². The Hall–Kier alpha value is -2.31. The number of alkyl halides is 1. The van der Waals surface area contributed by atoms with Gasteiger partial charge in [0.05, 0.1) is 30.1 Å². The largest absolute Gasteiger partial charge is 0.270 e. The summed E-state index contributed by atoms with van der Waals surface area (Å²) < 4.78 is 40.1. The van der Waals surface area contributed by atoms with Gasteiger partial charge in [0.1, 0.15) is 6.67 Å². The third kappa shape index (κ3) is 3.29. The average Bonchev–Trinajstić information content (AvgIpc) is 2.80. The molecule has 0 aromatic heterocycles. The van der Waals surface area contributed by atoms with E-state index < -0.39 is 34.1 Å². The van der Waals surface area contributed by atoms with Gasteiger partial charge >= 0.3 is 0 Å². The number of hydrogen-bond donors (Lipinski definition) is 0. The highest BCUT2D eigenvalue weighted by Crippen LogP contribution is 2.32. The molecule has 0 saturated carbocycles. The lowest BCUT2D eigenvalue weighted by Crippen LogP contribution is -2.52. The Morgan fingerprint density at radius 1 is 1.25 bits per heavy atom. The highest BCUT2D eigenvalue weighted by Gasteiger charge is 2.49. The summed E-state index contributed by atoms with van der Waals surface area (Å²) in [6.07, 6.45) is 0.614. The molecule has 1 aromatic carbocycles. The SMILES string of the molecule is CS(=O)(=O)OCCCC(C#N)(CF)N1C(=O)c2ccccc2C1=O. The lowest BCUT2D eigenvalue weighted by molar-refractivity contribution is 0.0440. The maximum atomic E-state index is 13.7. The number of imide groups is 1. The van der Waals surface area contributed by atoms with Crippen LogP contribution in [0.5, 0.6) is 0 Å². The van der Waals surface area contributed by atoms with E-state index in [0.29, 0.717) is 4.90 Å². The third-order valence-electron chi connectivity index (χ3n) is 3.68. The van der Waals surface area contributed by atoms with Crippen LogP contribution in [0, 0.1) is 11.3 Å². The molecular weight excluding hydrogens is 339 g/mol. The van der Waals surface area contributed by atoms with E-state index in [2.05, 4.69) is 4.18 Å². The summed E-state index contributed by atoms with van der Waals surface area (Å²) in [6, 6.07) is 7.70. The Morgan fingerprint density at radius 2 is 1.79 bits per heavy atom. The Kier molecular flexibility index (Phi) is 5.01. The molecule has 1 heterocycles. The Labute approximate surface area is 138 Å². The predicted octanol–water partition coefficient (Wildman–Crippen LogP) is 1.27. The van der Waals surface area contributed by atoms with Gasteiger partial charge < -0.3 is 0 Å². The molecule has 1 atom stereocenters. The number of nitriles is 1. The van der Waals surface area contributed by atoms with Gasteiger partial charge in [0.15, 0.2) is 5.54 Å². The minimum Gasteiger partial charge on any atom is -0.270 e. The van der Waals surface area contributed by atoms with Crippen molar-refractivity contribution in [1.82, 2.24) is 4.90 Å². The summed E-state index contributed by atoms with van der Waals surface area (Å²) in [4.78, 5) is 25.5. The number of carbonyl (C=O) groups excluding carboxylic acids is 2. The number of halogens is 1. The van der Waals surface area contributed by atoms with Crippen LogP contribution in [-0.4, -0.2) is 50.2 Å². The van der Waals surface area contributed by atoms with Gasteiger partial charge in [-0.05, 0) is 25.0 Å².